The van der Waals surface area contributed by atoms with Gasteiger partial charge in [0.05, 0.1) is 29.9 Å². The molecule has 2 aliphatic heterocycles. The van der Waals surface area contributed by atoms with Gasteiger partial charge in [-0.2, -0.15) is 0 Å². The van der Waals surface area contributed by atoms with Gasteiger partial charge in [-0.3, -0.25) is 4.90 Å². The molecule has 7 fully saturated rings. The number of carbonyl (C=O) groups is 1. The first kappa shape index (κ1) is 28.7. The van der Waals surface area contributed by atoms with E-state index in [2.05, 4.69) is 18.7 Å². The van der Waals surface area contributed by atoms with Crippen molar-refractivity contribution in [3.63, 3.8) is 0 Å². The molecule has 236 valence electrons. The van der Waals surface area contributed by atoms with Crippen LogP contribution in [0.2, 0.25) is 0 Å². The molecule has 1 aromatic rings. The normalized spacial score (nSPS) is 50.6. The maximum absolute atomic E-state index is 14.3. The summed E-state index contributed by atoms with van der Waals surface area (Å²) in [6, 6.07) is 1.20. The lowest BCUT2D eigenvalue weighted by molar-refractivity contribution is -0.282. The number of likely N-dealkylation sites (tertiary alicyclic amines) is 1. The van der Waals surface area contributed by atoms with E-state index in [1.165, 1.54) is 0 Å². The Kier molecular flexibility index (Phi) is 6.11. The molecular formula is C32H40F3NO7. The van der Waals surface area contributed by atoms with Gasteiger partial charge in [-0.25, -0.2) is 18.0 Å². The van der Waals surface area contributed by atoms with Gasteiger partial charge in [-0.15, -0.1) is 0 Å². The van der Waals surface area contributed by atoms with E-state index in [4.69, 9.17) is 28.4 Å². The van der Waals surface area contributed by atoms with Crippen molar-refractivity contribution in [3.8, 4) is 0 Å². The van der Waals surface area contributed by atoms with Gasteiger partial charge >= 0.3 is 5.97 Å². The molecule has 2 heterocycles. The second-order valence-corrected chi connectivity index (χ2v) is 14.2. The molecule has 7 bridgehead atoms. The second kappa shape index (κ2) is 9.16. The highest BCUT2D eigenvalue weighted by atomic mass is 19.2. The van der Waals surface area contributed by atoms with Crippen LogP contribution in [0.1, 0.15) is 49.9 Å². The number of benzene rings is 1. The number of hydrogen-bond acceptors (Lipinski definition) is 8. The van der Waals surface area contributed by atoms with E-state index in [-0.39, 0.29) is 65.8 Å². The summed E-state index contributed by atoms with van der Waals surface area (Å²) < 4.78 is 81.7. The minimum Gasteiger partial charge on any atom is -0.455 e. The topological polar surface area (TPSA) is 75.7 Å². The van der Waals surface area contributed by atoms with E-state index in [0.29, 0.717) is 18.6 Å². The van der Waals surface area contributed by atoms with Gasteiger partial charge < -0.3 is 28.4 Å². The number of halogens is 3. The number of methoxy groups -OCH3 is 3. The summed E-state index contributed by atoms with van der Waals surface area (Å²) in [7, 11) is 5.23. The quantitative estimate of drug-likeness (QED) is 0.356. The maximum Gasteiger partial charge on any atom is 0.338 e. The number of fused-ring (bicyclic) bond motifs is 1. The molecule has 2 saturated heterocycles. The third-order valence-electron chi connectivity index (χ3n) is 13.3. The Labute approximate surface area is 249 Å². The fourth-order valence-corrected chi connectivity index (χ4v) is 12.4. The largest absolute Gasteiger partial charge is 0.455 e. The molecule has 5 saturated carbocycles. The van der Waals surface area contributed by atoms with E-state index < -0.39 is 46.1 Å². The average Bonchev–Trinajstić information content (AvgIpc) is 3.58. The number of nitrogens with zero attached hydrogens (tertiary/aromatic N) is 1. The molecule has 0 N–H and O–H groups in total. The van der Waals surface area contributed by atoms with E-state index in [1.54, 1.807) is 21.3 Å². The first-order valence-electron chi connectivity index (χ1n) is 15.6. The number of piperidine rings is 1. The average molecular weight is 608 g/mol. The van der Waals surface area contributed by atoms with E-state index >= 15 is 0 Å². The highest BCUT2D eigenvalue weighted by Gasteiger charge is 2.94. The highest BCUT2D eigenvalue weighted by Crippen LogP contribution is 2.82. The number of esters is 1. The van der Waals surface area contributed by atoms with Gasteiger partial charge in [0, 0.05) is 57.5 Å². The standard InChI is InChI=1S/C32H40F3NO7/c1-6-36-13-29(2)8-7-21(39-4)31-17-11-16-20(38-3)12-30(22(17)24(16)40-5)32(28(31)36,42-14-41-30)26(25(29)31)43-27(37)15-9-18(33)23(35)19(34)10-15/h9-10,16-17,20-22,24-26,28H,6-8,11-14H2,1-5H3/t16-,17-,20+,21+,22-,24+,25-,26+,28-,29+,30-,31+,32+/m1/s1. The fraction of sp³-hybridized carbons (Fsp3) is 0.781. The number of ether oxygens (including phenoxy) is 6. The predicted octanol–water partition coefficient (Wildman–Crippen LogP) is 3.95. The van der Waals surface area contributed by atoms with Crippen LogP contribution in [-0.2, 0) is 28.4 Å². The Bertz CT molecular complexity index is 1340. The van der Waals surface area contributed by atoms with Crippen LogP contribution >= 0.6 is 0 Å². The van der Waals surface area contributed by atoms with Crippen LogP contribution in [0.15, 0.2) is 12.1 Å². The van der Waals surface area contributed by atoms with Crippen LogP contribution in [0.4, 0.5) is 13.2 Å². The molecule has 8 rings (SSSR count). The molecule has 0 amide bonds. The highest BCUT2D eigenvalue weighted by molar-refractivity contribution is 5.89. The monoisotopic (exact) mass is 607 g/mol. The summed E-state index contributed by atoms with van der Waals surface area (Å²) >= 11 is 0. The minimum atomic E-state index is -1.63. The summed E-state index contributed by atoms with van der Waals surface area (Å²) in [5.41, 5.74) is -3.16. The molecule has 0 radical (unpaired) electrons. The van der Waals surface area contributed by atoms with Gasteiger partial charge in [0.25, 0.3) is 0 Å². The maximum atomic E-state index is 14.3. The van der Waals surface area contributed by atoms with Crippen molar-refractivity contribution in [3.05, 3.63) is 35.1 Å². The van der Waals surface area contributed by atoms with Crippen LogP contribution in [0.3, 0.4) is 0 Å². The predicted molar refractivity (Wildman–Crippen MR) is 144 cm³/mol. The van der Waals surface area contributed by atoms with Gasteiger partial charge in [0.15, 0.2) is 23.1 Å². The third kappa shape index (κ3) is 3.04. The zero-order valence-electron chi connectivity index (χ0n) is 25.2. The molecule has 13 atom stereocenters. The van der Waals surface area contributed by atoms with Crippen molar-refractivity contribution in [2.45, 2.75) is 81.2 Å². The molecule has 43 heavy (non-hydrogen) atoms. The molecule has 0 unspecified atom stereocenters. The second-order valence-electron chi connectivity index (χ2n) is 14.2. The summed E-state index contributed by atoms with van der Waals surface area (Å²) in [5, 5.41) is 0. The number of hydrogen-bond donors (Lipinski definition) is 0. The number of likely N-dealkylation sites (N-methyl/N-ethyl adjacent to an activating group) is 1. The zero-order valence-corrected chi connectivity index (χ0v) is 25.2. The molecule has 8 nitrogen and oxygen atoms in total. The van der Waals surface area contributed by atoms with Crippen molar-refractivity contribution in [2.75, 3.05) is 41.2 Å². The van der Waals surface area contributed by atoms with Gasteiger partial charge in [-0.05, 0) is 49.3 Å². The fourth-order valence-electron chi connectivity index (χ4n) is 12.4. The van der Waals surface area contributed by atoms with Crippen LogP contribution < -0.4 is 0 Å². The van der Waals surface area contributed by atoms with Gasteiger partial charge in [0.1, 0.15) is 18.5 Å². The van der Waals surface area contributed by atoms with Crippen LogP contribution in [0.5, 0.6) is 0 Å². The summed E-state index contributed by atoms with van der Waals surface area (Å²) in [6.45, 7) is 5.98. The summed E-state index contributed by atoms with van der Waals surface area (Å²) in [5.74, 6) is -5.39. The molecule has 3 spiro atoms. The van der Waals surface area contributed by atoms with E-state index in [9.17, 15) is 18.0 Å². The Morgan fingerprint density at radius 1 is 1.09 bits per heavy atom. The lowest BCUT2D eigenvalue weighted by Crippen LogP contribution is -2.81. The van der Waals surface area contributed by atoms with Crippen molar-refractivity contribution in [1.82, 2.24) is 4.90 Å². The van der Waals surface area contributed by atoms with Crippen molar-refractivity contribution in [1.29, 1.82) is 0 Å². The van der Waals surface area contributed by atoms with Crippen LogP contribution in [-0.4, -0.2) is 93.7 Å². The molecular weight excluding hydrogens is 567 g/mol. The summed E-state index contributed by atoms with van der Waals surface area (Å²) in [6.07, 6.45) is 1.84. The third-order valence-corrected chi connectivity index (χ3v) is 13.3. The Balaban J connectivity index is 1.39. The molecule has 0 aromatic heterocycles. The Morgan fingerprint density at radius 3 is 2.49 bits per heavy atom. The van der Waals surface area contributed by atoms with Crippen LogP contribution in [0.25, 0.3) is 0 Å². The smallest absolute Gasteiger partial charge is 0.338 e. The lowest BCUT2D eigenvalue weighted by atomic mass is 9.43. The van der Waals surface area contributed by atoms with Gasteiger partial charge in [0.2, 0.25) is 0 Å². The summed E-state index contributed by atoms with van der Waals surface area (Å²) in [4.78, 5) is 16.4. The van der Waals surface area contributed by atoms with Gasteiger partial charge in [-0.1, -0.05) is 13.8 Å². The molecule has 1 aromatic carbocycles. The minimum absolute atomic E-state index is 0.0137. The number of rotatable bonds is 6. The number of carbonyl (C=O) groups excluding carboxylic acids is 1. The zero-order chi connectivity index (χ0) is 30.3. The molecule has 11 heteroatoms. The first-order valence-corrected chi connectivity index (χ1v) is 15.6. The Hall–Kier alpha value is -1.76. The van der Waals surface area contributed by atoms with Crippen LogP contribution in [0, 0.1) is 52.0 Å². The molecule has 5 aliphatic carbocycles. The van der Waals surface area contributed by atoms with Crippen molar-refractivity contribution >= 4 is 5.97 Å². The van der Waals surface area contributed by atoms with E-state index in [1.807, 2.05) is 0 Å². The van der Waals surface area contributed by atoms with E-state index in [0.717, 1.165) is 32.4 Å². The molecule has 7 aliphatic rings. The van der Waals surface area contributed by atoms with Crippen molar-refractivity contribution in [2.24, 2.45) is 34.5 Å². The lowest BCUT2D eigenvalue weighted by Gasteiger charge is -2.69. The van der Waals surface area contributed by atoms with Crippen molar-refractivity contribution < 1.29 is 46.4 Å². The SMILES string of the molecule is CCN1C[C@]2(C)CC[C@H](OC)[C@]34[C@@H]5C[C@H]6[C@H](OC)[C@@H]5[C@@]5(C[C@@H]6OC)OCO[C@]5([C@H]13)[C@@H](OC(=O)c1cc(F)c(F)c(F)c1)[C@H]24. The Morgan fingerprint density at radius 2 is 1.84 bits per heavy atom. The first-order chi connectivity index (χ1) is 20.6.